The van der Waals surface area contributed by atoms with E-state index in [0.29, 0.717) is 19.5 Å². The van der Waals surface area contributed by atoms with Crippen molar-refractivity contribution in [3.05, 3.63) is 0 Å². The quantitative estimate of drug-likeness (QED) is 0.704. The second kappa shape index (κ2) is 5.67. The predicted octanol–water partition coefficient (Wildman–Crippen LogP) is 0.226. The van der Waals surface area contributed by atoms with Crippen LogP contribution in [0.15, 0.2) is 0 Å². The Morgan fingerprint density at radius 3 is 1.95 bits per heavy atom. The van der Waals surface area contributed by atoms with Crippen LogP contribution < -0.4 is 0 Å². The summed E-state index contributed by atoms with van der Waals surface area (Å²) < 4.78 is 51.0. The second-order valence-electron chi connectivity index (χ2n) is 5.21. The minimum Gasteiger partial charge on any atom is -0.212 e. The summed E-state index contributed by atoms with van der Waals surface area (Å²) in [6, 6.07) is 0. The van der Waals surface area contributed by atoms with Gasteiger partial charge in [-0.05, 0) is 19.3 Å². The van der Waals surface area contributed by atoms with Crippen LogP contribution in [0.4, 0.5) is 0 Å². The molecule has 0 aromatic heterocycles. The fraction of sp³-hybridized carbons (Fsp3) is 1.00. The normalized spacial score (nSPS) is 23.6. The molecule has 1 heterocycles. The maximum atomic E-state index is 12.0. The summed E-state index contributed by atoms with van der Waals surface area (Å²) in [4.78, 5) is 0. The highest BCUT2D eigenvalue weighted by Gasteiger charge is 2.41. The number of nitrogens with zero attached hydrogens (tertiary/aromatic N) is 2. The maximum absolute atomic E-state index is 12.0. The third-order valence-corrected chi connectivity index (χ3v) is 8.01. The number of rotatable bonds is 6. The Kier molecular flexibility index (Phi) is 4.54. The molecule has 0 aromatic carbocycles. The molecule has 8 heteroatoms. The molecule has 0 radical (unpaired) electrons. The van der Waals surface area contributed by atoms with Gasteiger partial charge in [-0.3, -0.25) is 0 Å². The average Bonchev–Trinajstić information content (AvgIpc) is 3.21. The van der Waals surface area contributed by atoms with Crippen molar-refractivity contribution < 1.29 is 16.8 Å². The van der Waals surface area contributed by atoms with Crippen molar-refractivity contribution in [3.63, 3.8) is 0 Å². The van der Waals surface area contributed by atoms with Crippen LogP contribution in [0.5, 0.6) is 0 Å². The van der Waals surface area contributed by atoms with E-state index in [0.717, 1.165) is 19.3 Å². The molecule has 1 saturated carbocycles. The molecule has 0 N–H and O–H groups in total. The topological polar surface area (TPSA) is 74.8 Å². The first-order chi connectivity index (χ1) is 8.88. The molecule has 0 spiro atoms. The van der Waals surface area contributed by atoms with Crippen LogP contribution in [0.2, 0.25) is 0 Å². The molecule has 0 amide bonds. The van der Waals surface area contributed by atoms with E-state index in [4.69, 9.17) is 0 Å². The first kappa shape index (κ1) is 15.2. The highest BCUT2D eigenvalue weighted by Crippen LogP contribution is 2.31. The molecule has 0 aromatic rings. The lowest BCUT2D eigenvalue weighted by molar-refractivity contribution is 0.272. The Labute approximate surface area is 115 Å². The number of piperazine rings is 1. The third kappa shape index (κ3) is 3.48. The molecule has 2 aliphatic rings. The molecule has 0 unspecified atom stereocenters. The predicted molar refractivity (Wildman–Crippen MR) is 73.8 cm³/mol. The van der Waals surface area contributed by atoms with Crippen molar-refractivity contribution in [2.45, 2.75) is 37.9 Å². The fourth-order valence-corrected chi connectivity index (χ4v) is 5.69. The summed E-state index contributed by atoms with van der Waals surface area (Å²) in [7, 11) is -6.37. The summed E-state index contributed by atoms with van der Waals surface area (Å²) in [5, 5.41) is -0.212. The fourth-order valence-electron chi connectivity index (χ4n) is 2.23. The lowest BCUT2D eigenvalue weighted by Gasteiger charge is -2.33. The minimum absolute atomic E-state index is 0.166. The lowest BCUT2D eigenvalue weighted by Crippen LogP contribution is -2.51. The van der Waals surface area contributed by atoms with E-state index in [1.54, 1.807) is 0 Å². The molecule has 1 saturated heterocycles. The Bertz CT molecular complexity index is 503. The zero-order valence-corrected chi connectivity index (χ0v) is 12.9. The monoisotopic (exact) mass is 310 g/mol. The van der Waals surface area contributed by atoms with E-state index in [-0.39, 0.29) is 24.1 Å². The molecule has 6 nitrogen and oxygen atoms in total. The number of sulfonamides is 2. The highest BCUT2D eigenvalue weighted by molar-refractivity contribution is 7.90. The molecule has 1 aliphatic carbocycles. The van der Waals surface area contributed by atoms with Gasteiger partial charge in [0.15, 0.2) is 0 Å². The largest absolute Gasteiger partial charge is 0.217 e. The van der Waals surface area contributed by atoms with Crippen molar-refractivity contribution >= 4 is 20.0 Å². The van der Waals surface area contributed by atoms with Crippen molar-refractivity contribution in [2.75, 3.05) is 31.9 Å². The van der Waals surface area contributed by atoms with Gasteiger partial charge < -0.3 is 0 Å². The van der Waals surface area contributed by atoms with Gasteiger partial charge in [0, 0.05) is 26.2 Å². The Hall–Kier alpha value is -0.180. The summed E-state index contributed by atoms with van der Waals surface area (Å²) in [6.45, 7) is 3.13. The van der Waals surface area contributed by atoms with Crippen LogP contribution in [0.3, 0.4) is 0 Å². The molecule has 112 valence electrons. The van der Waals surface area contributed by atoms with Gasteiger partial charge in [-0.1, -0.05) is 13.3 Å². The lowest BCUT2D eigenvalue weighted by atomic mass is 10.4. The van der Waals surface area contributed by atoms with Gasteiger partial charge in [0.05, 0.1) is 11.0 Å². The van der Waals surface area contributed by atoms with Gasteiger partial charge in [-0.15, -0.1) is 0 Å². The zero-order chi connectivity index (χ0) is 14.1. The first-order valence-corrected chi connectivity index (χ1v) is 9.96. The van der Waals surface area contributed by atoms with E-state index < -0.39 is 20.0 Å². The van der Waals surface area contributed by atoms with E-state index in [2.05, 4.69) is 0 Å². The van der Waals surface area contributed by atoms with Crippen LogP contribution in [-0.4, -0.2) is 62.6 Å². The molecule has 19 heavy (non-hydrogen) atoms. The average molecular weight is 310 g/mol. The summed E-state index contributed by atoms with van der Waals surface area (Å²) in [6.07, 6.45) is 2.99. The molecular formula is C11H22N2O4S2. The smallest absolute Gasteiger partial charge is 0.212 e. The van der Waals surface area contributed by atoms with Gasteiger partial charge in [0.1, 0.15) is 0 Å². The Balaban J connectivity index is 1.92. The van der Waals surface area contributed by atoms with Crippen molar-refractivity contribution in [3.8, 4) is 0 Å². The van der Waals surface area contributed by atoms with Crippen molar-refractivity contribution in [1.29, 1.82) is 0 Å². The third-order valence-electron chi connectivity index (χ3n) is 3.65. The van der Waals surface area contributed by atoms with Crippen LogP contribution in [-0.2, 0) is 20.0 Å². The number of unbranched alkanes of at least 4 members (excludes halogenated alkanes) is 1. The van der Waals surface area contributed by atoms with Crippen LogP contribution in [0.1, 0.15) is 32.6 Å². The molecule has 2 rings (SSSR count). The standard InChI is InChI=1S/C11H22N2O4S2/c1-2-3-10-18(14,15)12-6-8-13(9-7-12)19(16,17)11-4-5-11/h11H,2-10H2,1H3. The van der Waals surface area contributed by atoms with Gasteiger partial charge in [0.2, 0.25) is 20.0 Å². The van der Waals surface area contributed by atoms with Crippen molar-refractivity contribution in [2.24, 2.45) is 0 Å². The molecular weight excluding hydrogens is 288 g/mol. The van der Waals surface area contributed by atoms with E-state index in [1.807, 2.05) is 6.92 Å². The highest BCUT2D eigenvalue weighted by atomic mass is 32.2. The van der Waals surface area contributed by atoms with Gasteiger partial charge >= 0.3 is 0 Å². The van der Waals surface area contributed by atoms with Gasteiger partial charge in [0.25, 0.3) is 0 Å². The molecule has 1 aliphatic heterocycles. The summed E-state index contributed by atoms with van der Waals surface area (Å²) in [5.74, 6) is 0.166. The minimum atomic E-state index is -3.21. The van der Waals surface area contributed by atoms with Crippen LogP contribution in [0.25, 0.3) is 0 Å². The molecule has 2 fully saturated rings. The summed E-state index contributed by atoms with van der Waals surface area (Å²) >= 11 is 0. The number of hydrogen-bond acceptors (Lipinski definition) is 4. The second-order valence-corrected chi connectivity index (χ2v) is 9.51. The maximum Gasteiger partial charge on any atom is 0.217 e. The molecule has 0 atom stereocenters. The van der Waals surface area contributed by atoms with Crippen LogP contribution >= 0.6 is 0 Å². The van der Waals surface area contributed by atoms with E-state index in [1.165, 1.54) is 8.61 Å². The van der Waals surface area contributed by atoms with Gasteiger partial charge in [-0.25, -0.2) is 16.8 Å². The van der Waals surface area contributed by atoms with E-state index >= 15 is 0 Å². The molecule has 0 bridgehead atoms. The van der Waals surface area contributed by atoms with Crippen LogP contribution in [0, 0.1) is 0 Å². The Morgan fingerprint density at radius 1 is 0.947 bits per heavy atom. The first-order valence-electron chi connectivity index (χ1n) is 6.84. The summed E-state index contributed by atoms with van der Waals surface area (Å²) in [5.41, 5.74) is 0. The number of hydrogen-bond donors (Lipinski definition) is 0. The van der Waals surface area contributed by atoms with Gasteiger partial charge in [-0.2, -0.15) is 8.61 Å². The SMILES string of the molecule is CCCCS(=O)(=O)N1CCN(S(=O)(=O)C2CC2)CC1. The van der Waals surface area contributed by atoms with E-state index in [9.17, 15) is 16.8 Å². The zero-order valence-electron chi connectivity index (χ0n) is 11.3. The van der Waals surface area contributed by atoms with Crippen molar-refractivity contribution in [1.82, 2.24) is 8.61 Å². The Morgan fingerprint density at radius 2 is 1.47 bits per heavy atom.